The molecule has 1 aliphatic rings. The second-order valence-corrected chi connectivity index (χ2v) is 9.15. The zero-order chi connectivity index (χ0) is 16.0. The number of benzene rings is 1. The maximum absolute atomic E-state index is 12.6. The lowest BCUT2D eigenvalue weighted by Gasteiger charge is -2.40. The summed E-state index contributed by atoms with van der Waals surface area (Å²) in [5, 5.41) is -1.08. The molecule has 0 saturated heterocycles. The molecule has 2 rings (SSSR count). The molecule has 1 heterocycles. The normalized spacial score (nSPS) is 18.6. The number of sulfone groups is 1. The third kappa shape index (κ3) is 3.40. The van der Waals surface area contributed by atoms with Crippen LogP contribution in [0.5, 0.6) is 5.75 Å². The van der Waals surface area contributed by atoms with Crippen molar-refractivity contribution in [2.45, 2.75) is 31.6 Å². The number of carbonyl (C=O) groups is 1. The van der Waals surface area contributed by atoms with Gasteiger partial charge >= 0.3 is 0 Å². The predicted molar refractivity (Wildman–Crippen MR) is 85.5 cm³/mol. The lowest BCUT2D eigenvalue weighted by Crippen LogP contribution is -2.52. The summed E-state index contributed by atoms with van der Waals surface area (Å²) in [6.45, 7) is 5.45. The van der Waals surface area contributed by atoms with Crippen LogP contribution >= 0.6 is 15.9 Å². The van der Waals surface area contributed by atoms with Crippen molar-refractivity contribution in [2.24, 2.45) is 0 Å². The van der Waals surface area contributed by atoms with Gasteiger partial charge in [-0.05, 0) is 39.0 Å². The quantitative estimate of drug-likeness (QED) is 0.795. The van der Waals surface area contributed by atoms with Crippen LogP contribution in [-0.2, 0) is 14.6 Å². The number of halogens is 1. The van der Waals surface area contributed by atoms with Crippen molar-refractivity contribution in [3.05, 3.63) is 22.7 Å². The molecular formula is C14H18BrNO4S. The number of ether oxygens (including phenoxy) is 1. The number of hydrogen-bond donors (Lipinski definition) is 0. The Hall–Kier alpha value is -1.08. The summed E-state index contributed by atoms with van der Waals surface area (Å²) in [6.07, 6.45) is 1.07. The molecular weight excluding hydrogens is 358 g/mol. The molecule has 1 aromatic rings. The van der Waals surface area contributed by atoms with Crippen LogP contribution in [-0.4, -0.2) is 38.0 Å². The van der Waals surface area contributed by atoms with Gasteiger partial charge in [-0.2, -0.15) is 0 Å². The fraction of sp³-hybridized carbons (Fsp3) is 0.500. The van der Waals surface area contributed by atoms with E-state index < -0.39 is 26.6 Å². The van der Waals surface area contributed by atoms with Crippen molar-refractivity contribution in [2.75, 3.05) is 17.7 Å². The molecule has 0 bridgehead atoms. The average Bonchev–Trinajstić information content (AvgIpc) is 2.33. The molecule has 7 heteroatoms. The first-order valence-electron chi connectivity index (χ1n) is 6.50. The molecule has 21 heavy (non-hydrogen) atoms. The van der Waals surface area contributed by atoms with E-state index in [2.05, 4.69) is 15.9 Å². The minimum atomic E-state index is -3.44. The highest BCUT2D eigenvalue weighted by Gasteiger charge is 2.38. The van der Waals surface area contributed by atoms with Gasteiger partial charge in [-0.1, -0.05) is 15.9 Å². The first-order chi connectivity index (χ1) is 9.51. The highest BCUT2D eigenvalue weighted by molar-refractivity contribution is 9.10. The van der Waals surface area contributed by atoms with E-state index in [4.69, 9.17) is 4.74 Å². The second kappa shape index (κ2) is 5.28. The van der Waals surface area contributed by atoms with E-state index >= 15 is 0 Å². The Morgan fingerprint density at radius 1 is 1.43 bits per heavy atom. The van der Waals surface area contributed by atoms with Crippen molar-refractivity contribution in [3.8, 4) is 5.75 Å². The monoisotopic (exact) mass is 375 g/mol. The highest BCUT2D eigenvalue weighted by Crippen LogP contribution is 2.39. The summed E-state index contributed by atoms with van der Waals surface area (Å²) < 4.78 is 30.0. The fourth-order valence-corrected chi connectivity index (χ4v) is 3.02. The predicted octanol–water partition coefficient (Wildman–Crippen LogP) is 2.39. The molecule has 116 valence electrons. The Bertz CT molecular complexity index is 684. The Kier molecular flexibility index (Phi) is 4.10. The van der Waals surface area contributed by atoms with Gasteiger partial charge in [-0.3, -0.25) is 4.79 Å². The van der Waals surface area contributed by atoms with Gasteiger partial charge in [0.2, 0.25) is 5.91 Å². The van der Waals surface area contributed by atoms with Crippen LogP contribution in [0.1, 0.15) is 20.8 Å². The molecule has 0 N–H and O–H groups in total. The van der Waals surface area contributed by atoms with Crippen molar-refractivity contribution >= 4 is 37.4 Å². The number of hydrogen-bond acceptors (Lipinski definition) is 4. The zero-order valence-electron chi connectivity index (χ0n) is 12.4. The van der Waals surface area contributed by atoms with Crippen LogP contribution in [0, 0.1) is 0 Å². The van der Waals surface area contributed by atoms with Gasteiger partial charge in [0.1, 0.15) is 16.6 Å². The fourth-order valence-electron chi connectivity index (χ4n) is 2.19. The molecule has 1 unspecified atom stereocenters. The van der Waals surface area contributed by atoms with Gasteiger partial charge in [0.25, 0.3) is 0 Å². The molecule has 1 aromatic carbocycles. The second-order valence-electron chi connectivity index (χ2n) is 5.87. The molecule has 0 aromatic heterocycles. The Morgan fingerprint density at radius 2 is 2.05 bits per heavy atom. The summed E-state index contributed by atoms with van der Waals surface area (Å²) in [5.74, 6) is 0.132. The van der Waals surface area contributed by atoms with E-state index in [9.17, 15) is 13.2 Å². The number of amides is 1. The van der Waals surface area contributed by atoms with E-state index in [-0.39, 0.29) is 0 Å². The Balaban J connectivity index is 2.48. The van der Waals surface area contributed by atoms with Crippen LogP contribution in [0.4, 0.5) is 5.69 Å². The SMILES string of the molecule is CC(C(=O)N1CC(C)(C)Oc2cc(Br)ccc21)S(C)(=O)=O. The number of rotatable bonds is 2. The highest BCUT2D eigenvalue weighted by atomic mass is 79.9. The average molecular weight is 376 g/mol. The molecule has 0 saturated carbocycles. The molecule has 0 fully saturated rings. The lowest BCUT2D eigenvalue weighted by molar-refractivity contribution is -0.118. The van der Waals surface area contributed by atoms with Gasteiger partial charge in [-0.25, -0.2) is 8.42 Å². The van der Waals surface area contributed by atoms with Crippen LogP contribution in [0.25, 0.3) is 0 Å². The minimum absolute atomic E-state index is 0.306. The standard InChI is InChI=1S/C14H18BrNO4S/c1-9(21(4,18)19)13(17)16-8-14(2,3)20-12-7-10(15)5-6-11(12)16/h5-7,9H,8H2,1-4H3. The van der Waals surface area contributed by atoms with E-state index in [0.29, 0.717) is 18.0 Å². The lowest BCUT2D eigenvalue weighted by atomic mass is 10.0. The zero-order valence-corrected chi connectivity index (χ0v) is 14.8. The van der Waals surface area contributed by atoms with Crippen LogP contribution in [0.2, 0.25) is 0 Å². The molecule has 1 atom stereocenters. The topological polar surface area (TPSA) is 63.7 Å². The van der Waals surface area contributed by atoms with Crippen LogP contribution in [0.3, 0.4) is 0 Å². The van der Waals surface area contributed by atoms with E-state index in [1.807, 2.05) is 13.8 Å². The van der Waals surface area contributed by atoms with Gasteiger partial charge in [0.05, 0.1) is 12.2 Å². The minimum Gasteiger partial charge on any atom is -0.484 e. The number of fused-ring (bicyclic) bond motifs is 1. The summed E-state index contributed by atoms with van der Waals surface area (Å²) in [7, 11) is -3.44. The van der Waals surface area contributed by atoms with Gasteiger partial charge < -0.3 is 9.64 Å². The molecule has 0 radical (unpaired) electrons. The summed E-state index contributed by atoms with van der Waals surface area (Å²) in [5.41, 5.74) is 0.0127. The summed E-state index contributed by atoms with van der Waals surface area (Å²) >= 11 is 3.37. The molecule has 0 spiro atoms. The molecule has 1 aliphatic heterocycles. The summed E-state index contributed by atoms with van der Waals surface area (Å²) in [6, 6.07) is 5.33. The first-order valence-corrected chi connectivity index (χ1v) is 9.25. The van der Waals surface area contributed by atoms with Crippen LogP contribution < -0.4 is 9.64 Å². The van der Waals surface area contributed by atoms with Gasteiger partial charge in [0.15, 0.2) is 9.84 Å². The molecule has 0 aliphatic carbocycles. The maximum Gasteiger partial charge on any atom is 0.245 e. The molecule has 1 amide bonds. The Morgan fingerprint density at radius 3 is 2.62 bits per heavy atom. The number of carbonyl (C=O) groups excluding carboxylic acids is 1. The van der Waals surface area contributed by atoms with Crippen molar-refractivity contribution in [3.63, 3.8) is 0 Å². The van der Waals surface area contributed by atoms with Crippen molar-refractivity contribution in [1.82, 2.24) is 0 Å². The first kappa shape index (κ1) is 16.3. The van der Waals surface area contributed by atoms with E-state index in [1.165, 1.54) is 11.8 Å². The van der Waals surface area contributed by atoms with Crippen molar-refractivity contribution in [1.29, 1.82) is 0 Å². The van der Waals surface area contributed by atoms with Gasteiger partial charge in [-0.15, -0.1) is 0 Å². The molecule has 5 nitrogen and oxygen atoms in total. The van der Waals surface area contributed by atoms with Gasteiger partial charge in [0, 0.05) is 10.7 Å². The third-order valence-electron chi connectivity index (χ3n) is 3.39. The third-order valence-corrected chi connectivity index (χ3v) is 5.37. The van der Waals surface area contributed by atoms with E-state index in [0.717, 1.165) is 10.7 Å². The number of nitrogens with zero attached hydrogens (tertiary/aromatic N) is 1. The maximum atomic E-state index is 12.6. The Labute approximate surface area is 133 Å². The largest absolute Gasteiger partial charge is 0.484 e. The summed E-state index contributed by atoms with van der Waals surface area (Å²) in [4.78, 5) is 14.1. The smallest absolute Gasteiger partial charge is 0.245 e. The number of anilines is 1. The van der Waals surface area contributed by atoms with E-state index in [1.54, 1.807) is 18.2 Å². The van der Waals surface area contributed by atoms with Crippen LogP contribution in [0.15, 0.2) is 22.7 Å². The van der Waals surface area contributed by atoms with Crippen molar-refractivity contribution < 1.29 is 17.9 Å².